The Morgan fingerprint density at radius 3 is 2.26 bits per heavy atom. The van der Waals surface area contributed by atoms with Crippen molar-refractivity contribution in [1.29, 1.82) is 0 Å². The molecule has 1 atom stereocenters. The summed E-state index contributed by atoms with van der Waals surface area (Å²) in [5.74, 6) is 1.84. The molecular formula is C20H31N3O4. The van der Waals surface area contributed by atoms with E-state index >= 15 is 0 Å². The number of amides is 1. The molecule has 2 heterocycles. The first-order valence-corrected chi connectivity index (χ1v) is 9.72. The predicted molar refractivity (Wildman–Crippen MR) is 104 cm³/mol. The summed E-state index contributed by atoms with van der Waals surface area (Å²) in [6.07, 6.45) is 3.54. The number of nitrogens with two attached hydrogens (primary N) is 1. The summed E-state index contributed by atoms with van der Waals surface area (Å²) in [5, 5.41) is 3.54. The van der Waals surface area contributed by atoms with Gasteiger partial charge in [0.05, 0.1) is 20.3 Å². The first kappa shape index (κ1) is 19.8. The van der Waals surface area contributed by atoms with E-state index in [4.69, 9.17) is 19.9 Å². The Hall–Kier alpha value is -1.99. The summed E-state index contributed by atoms with van der Waals surface area (Å²) < 4.78 is 16.0. The molecule has 0 saturated carbocycles. The van der Waals surface area contributed by atoms with Gasteiger partial charge in [-0.05, 0) is 31.6 Å². The maximum absolute atomic E-state index is 12.7. The zero-order valence-corrected chi connectivity index (χ0v) is 16.3. The zero-order chi connectivity index (χ0) is 19.2. The molecule has 7 heteroatoms. The molecule has 2 fully saturated rings. The number of anilines is 1. The highest BCUT2D eigenvalue weighted by molar-refractivity contribution is 5.82. The van der Waals surface area contributed by atoms with Crippen LogP contribution in [-0.4, -0.2) is 63.4 Å². The lowest BCUT2D eigenvalue weighted by molar-refractivity contribution is -0.135. The second-order valence-electron chi connectivity index (χ2n) is 7.32. The Balaban J connectivity index is 1.52. The molecule has 1 amide bonds. The molecule has 3 rings (SSSR count). The first-order valence-electron chi connectivity index (χ1n) is 9.72. The molecule has 2 saturated heterocycles. The summed E-state index contributed by atoms with van der Waals surface area (Å²) in [7, 11) is 3.29. The van der Waals surface area contributed by atoms with Crippen molar-refractivity contribution in [3.05, 3.63) is 18.2 Å². The van der Waals surface area contributed by atoms with E-state index in [1.807, 2.05) is 23.1 Å². The van der Waals surface area contributed by atoms with Gasteiger partial charge in [0.15, 0.2) is 0 Å². The quantitative estimate of drug-likeness (QED) is 0.787. The first-order chi connectivity index (χ1) is 13.1. The lowest BCUT2D eigenvalue weighted by atomic mass is 9.91. The van der Waals surface area contributed by atoms with Gasteiger partial charge in [-0.15, -0.1) is 0 Å². The minimum atomic E-state index is -0.402. The van der Waals surface area contributed by atoms with Crippen LogP contribution in [0.3, 0.4) is 0 Å². The number of ether oxygens (including phenoxy) is 3. The van der Waals surface area contributed by atoms with Gasteiger partial charge in [-0.2, -0.15) is 0 Å². The van der Waals surface area contributed by atoms with E-state index in [0.717, 1.165) is 56.0 Å². The van der Waals surface area contributed by atoms with Crippen LogP contribution in [-0.2, 0) is 9.53 Å². The second kappa shape index (κ2) is 9.28. The normalized spacial score (nSPS) is 20.2. The number of piperidine rings is 1. The topological polar surface area (TPSA) is 86.1 Å². The van der Waals surface area contributed by atoms with Gasteiger partial charge < -0.3 is 30.2 Å². The Morgan fingerprint density at radius 2 is 1.70 bits per heavy atom. The average molecular weight is 377 g/mol. The van der Waals surface area contributed by atoms with Crippen molar-refractivity contribution in [3.8, 4) is 11.5 Å². The third-order valence-electron chi connectivity index (χ3n) is 5.59. The zero-order valence-electron chi connectivity index (χ0n) is 16.3. The van der Waals surface area contributed by atoms with Crippen molar-refractivity contribution in [2.24, 2.45) is 11.7 Å². The van der Waals surface area contributed by atoms with Gasteiger partial charge in [0.1, 0.15) is 11.5 Å². The van der Waals surface area contributed by atoms with Crippen LogP contribution < -0.4 is 20.5 Å². The van der Waals surface area contributed by atoms with Gasteiger partial charge in [0, 0.05) is 56.2 Å². The molecule has 2 aliphatic rings. The minimum Gasteiger partial charge on any atom is -0.497 e. The molecule has 1 unspecified atom stereocenters. The van der Waals surface area contributed by atoms with E-state index in [1.54, 1.807) is 14.2 Å². The van der Waals surface area contributed by atoms with Gasteiger partial charge >= 0.3 is 0 Å². The molecule has 0 spiro atoms. The lowest BCUT2D eigenvalue weighted by Crippen LogP contribution is -2.52. The van der Waals surface area contributed by atoms with E-state index < -0.39 is 6.04 Å². The third kappa shape index (κ3) is 5.05. The predicted octanol–water partition coefficient (Wildman–Crippen LogP) is 1.86. The van der Waals surface area contributed by atoms with Crippen LogP contribution in [0.15, 0.2) is 18.2 Å². The molecule has 1 aromatic rings. The fourth-order valence-corrected chi connectivity index (χ4v) is 3.86. The van der Waals surface area contributed by atoms with E-state index in [0.29, 0.717) is 19.3 Å². The van der Waals surface area contributed by atoms with Crippen LogP contribution in [0, 0.1) is 5.92 Å². The highest BCUT2D eigenvalue weighted by Crippen LogP contribution is 2.28. The minimum absolute atomic E-state index is 0.0865. The third-order valence-corrected chi connectivity index (χ3v) is 5.59. The van der Waals surface area contributed by atoms with Crippen LogP contribution in [0.1, 0.15) is 25.7 Å². The standard InChI is InChI=1S/C20H31N3O4/c1-25-17-11-16(12-18(13-17)26-2)22-15-3-7-23(8-4-15)20(24)19(21)14-5-9-27-10-6-14/h11-15,19,22H,3-10,21H2,1-2H3. The molecule has 0 bridgehead atoms. The van der Waals surface area contributed by atoms with Crippen molar-refractivity contribution in [3.63, 3.8) is 0 Å². The maximum atomic E-state index is 12.7. The molecule has 150 valence electrons. The highest BCUT2D eigenvalue weighted by atomic mass is 16.5. The Morgan fingerprint density at radius 1 is 1.11 bits per heavy atom. The summed E-state index contributed by atoms with van der Waals surface area (Å²) in [6.45, 7) is 2.88. The molecule has 0 aliphatic carbocycles. The smallest absolute Gasteiger partial charge is 0.239 e. The number of methoxy groups -OCH3 is 2. The monoisotopic (exact) mass is 377 g/mol. The Kier molecular flexibility index (Phi) is 6.79. The fourth-order valence-electron chi connectivity index (χ4n) is 3.86. The molecule has 1 aromatic carbocycles. The Labute approximate surface area is 161 Å². The van der Waals surface area contributed by atoms with E-state index in [1.165, 1.54) is 0 Å². The summed E-state index contributed by atoms with van der Waals surface area (Å²) >= 11 is 0. The number of hydrogen-bond acceptors (Lipinski definition) is 6. The maximum Gasteiger partial charge on any atom is 0.239 e. The van der Waals surface area contributed by atoms with Crippen molar-refractivity contribution in [2.45, 2.75) is 37.8 Å². The van der Waals surface area contributed by atoms with Gasteiger partial charge in [0.25, 0.3) is 0 Å². The highest BCUT2D eigenvalue weighted by Gasteiger charge is 2.31. The number of carbonyl (C=O) groups excluding carboxylic acids is 1. The molecule has 3 N–H and O–H groups in total. The van der Waals surface area contributed by atoms with Crippen molar-refractivity contribution in [1.82, 2.24) is 4.90 Å². The van der Waals surface area contributed by atoms with Gasteiger partial charge in [-0.25, -0.2) is 0 Å². The van der Waals surface area contributed by atoms with Crippen molar-refractivity contribution >= 4 is 11.6 Å². The van der Waals surface area contributed by atoms with Crippen molar-refractivity contribution in [2.75, 3.05) is 45.8 Å². The molecule has 7 nitrogen and oxygen atoms in total. The van der Waals surface area contributed by atoms with E-state index in [2.05, 4.69) is 5.32 Å². The van der Waals surface area contributed by atoms with Crippen LogP contribution in [0.2, 0.25) is 0 Å². The van der Waals surface area contributed by atoms with Crippen LogP contribution in [0.25, 0.3) is 0 Å². The largest absolute Gasteiger partial charge is 0.497 e. The number of carbonyl (C=O) groups is 1. The average Bonchev–Trinajstić information content (AvgIpc) is 2.73. The molecule has 2 aliphatic heterocycles. The Bertz CT molecular complexity index is 603. The van der Waals surface area contributed by atoms with Gasteiger partial charge in [0.2, 0.25) is 5.91 Å². The molecule has 0 aromatic heterocycles. The van der Waals surface area contributed by atoms with Gasteiger partial charge in [-0.3, -0.25) is 4.79 Å². The fraction of sp³-hybridized carbons (Fsp3) is 0.650. The molecule has 0 radical (unpaired) electrons. The van der Waals surface area contributed by atoms with E-state index in [9.17, 15) is 4.79 Å². The molecule has 27 heavy (non-hydrogen) atoms. The number of rotatable bonds is 6. The lowest BCUT2D eigenvalue weighted by Gasteiger charge is -2.36. The van der Waals surface area contributed by atoms with E-state index in [-0.39, 0.29) is 11.8 Å². The number of benzene rings is 1. The van der Waals surface area contributed by atoms with Crippen LogP contribution >= 0.6 is 0 Å². The number of nitrogens with one attached hydrogen (secondary N) is 1. The van der Waals surface area contributed by atoms with Crippen molar-refractivity contribution < 1.29 is 19.0 Å². The summed E-state index contributed by atoms with van der Waals surface area (Å²) in [5.41, 5.74) is 7.22. The number of hydrogen-bond donors (Lipinski definition) is 2. The van der Waals surface area contributed by atoms with Gasteiger partial charge in [-0.1, -0.05) is 0 Å². The number of nitrogens with zero attached hydrogens (tertiary/aromatic N) is 1. The summed E-state index contributed by atoms with van der Waals surface area (Å²) in [4.78, 5) is 14.7. The molecular weight excluding hydrogens is 346 g/mol. The van der Waals surface area contributed by atoms with Crippen LogP contribution in [0.4, 0.5) is 5.69 Å². The number of likely N-dealkylation sites (tertiary alicyclic amines) is 1. The summed E-state index contributed by atoms with van der Waals surface area (Å²) in [6, 6.07) is 5.68. The second-order valence-corrected chi connectivity index (χ2v) is 7.32. The SMILES string of the molecule is COc1cc(NC2CCN(C(=O)C(N)C3CCOCC3)CC2)cc(OC)c1. The van der Waals surface area contributed by atoms with Crippen LogP contribution in [0.5, 0.6) is 11.5 Å².